The Bertz CT molecular complexity index is 5610. The van der Waals surface area contributed by atoms with Crippen molar-refractivity contribution in [2.45, 2.75) is 155 Å². The topological polar surface area (TPSA) is 268 Å². The molecule has 0 spiro atoms. The Labute approximate surface area is 686 Å². The molecule has 15 rings (SSSR count). The summed E-state index contributed by atoms with van der Waals surface area (Å²) in [5.74, 6) is 0. The number of hydrogen-bond donors (Lipinski definition) is 8. The first kappa shape index (κ1) is 79.6. The SMILES string of the molecule is CC(C)(C)OC(=O)NC(Cc1ccccc1)c1c2nc(c(-c3cccc(-c4c5nc(c(C(Cc6ccccc6)NC(=O)OC(C)(C)C)c6ccc(cc7nc(c(C(Cc8ccccc8)NC(=O)OC(C)(C)C)c8ccc4[nH]8)C=C7)[nH]6)C=C5)c3)c3ccc([nH]3)c(C(Cc3ccccc3)NC(=O)OC(C)(C)C)c3nc(cc4ccc1[nH]4)C=C3)C=C2. The van der Waals surface area contributed by atoms with Crippen LogP contribution in [0.4, 0.5) is 19.2 Å². The summed E-state index contributed by atoms with van der Waals surface area (Å²) in [5, 5.41) is 13.2. The third-order valence-corrected chi connectivity index (χ3v) is 20.0. The van der Waals surface area contributed by atoms with Crippen LogP contribution in [-0.4, -0.2) is 86.6 Å². The summed E-state index contributed by atoms with van der Waals surface area (Å²) in [6.45, 7) is 22.1. The molecule has 598 valence electrons. The fraction of sp³-hybridized carbons (Fsp3) is 0.245. The lowest BCUT2D eigenvalue weighted by atomic mass is 9.97. The molecule has 0 aliphatic carbocycles. The second kappa shape index (κ2) is 33.3. The minimum atomic E-state index is -0.817. The largest absolute Gasteiger partial charge is 0.444 e. The Morgan fingerprint density at radius 2 is 0.551 bits per heavy atom. The number of benzene rings is 5. The van der Waals surface area contributed by atoms with Gasteiger partial charge in [-0.25, -0.2) is 39.1 Å². The Morgan fingerprint density at radius 1 is 0.288 bits per heavy atom. The molecule has 16 bridgehead atoms. The zero-order valence-electron chi connectivity index (χ0n) is 68.4. The van der Waals surface area contributed by atoms with Crippen LogP contribution in [0.3, 0.4) is 0 Å². The van der Waals surface area contributed by atoms with Gasteiger partial charge in [-0.2, -0.15) is 0 Å². The summed E-state index contributed by atoms with van der Waals surface area (Å²) in [4.78, 5) is 95.0. The monoisotopic (exact) mass is 1570 g/mol. The summed E-state index contributed by atoms with van der Waals surface area (Å²) in [7, 11) is 0. The van der Waals surface area contributed by atoms with E-state index in [0.29, 0.717) is 138 Å². The van der Waals surface area contributed by atoms with Gasteiger partial charge in [-0.3, -0.25) is 0 Å². The number of hydrogen-bond acceptors (Lipinski definition) is 12. The number of nitrogens with one attached hydrogen (secondary N) is 8. The van der Waals surface area contributed by atoms with E-state index in [-0.39, 0.29) is 0 Å². The van der Waals surface area contributed by atoms with Crippen molar-refractivity contribution in [1.29, 1.82) is 0 Å². The van der Waals surface area contributed by atoms with Crippen molar-refractivity contribution in [2.24, 2.45) is 0 Å². The number of carbonyl (C=O) groups is 4. The van der Waals surface area contributed by atoms with Gasteiger partial charge in [0.15, 0.2) is 0 Å². The highest BCUT2D eigenvalue weighted by atomic mass is 16.6. The van der Waals surface area contributed by atoms with Gasteiger partial charge in [0.2, 0.25) is 0 Å². The zero-order valence-corrected chi connectivity index (χ0v) is 68.4. The summed E-state index contributed by atoms with van der Waals surface area (Å²) in [5.41, 5.74) is 16.6. The van der Waals surface area contributed by atoms with Crippen LogP contribution in [0, 0.1) is 0 Å². The minimum absolute atomic E-state index is 0.369. The van der Waals surface area contributed by atoms with Crippen LogP contribution in [0.2, 0.25) is 0 Å². The maximum absolute atomic E-state index is 14.4. The van der Waals surface area contributed by atoms with Gasteiger partial charge in [-0.1, -0.05) is 140 Å². The molecule has 0 saturated carbocycles. The van der Waals surface area contributed by atoms with Crippen molar-refractivity contribution in [3.63, 3.8) is 0 Å². The molecule has 4 amide bonds. The van der Waals surface area contributed by atoms with Gasteiger partial charge >= 0.3 is 24.4 Å². The number of ether oxygens (including phenoxy) is 4. The molecule has 4 unspecified atom stereocenters. The van der Waals surface area contributed by atoms with E-state index in [9.17, 15) is 19.2 Å². The average molecular weight is 1570 g/mol. The van der Waals surface area contributed by atoms with E-state index in [2.05, 4.69) is 59.4 Å². The third kappa shape index (κ3) is 19.5. The third-order valence-electron chi connectivity index (χ3n) is 20.0. The van der Waals surface area contributed by atoms with E-state index >= 15 is 0 Å². The van der Waals surface area contributed by atoms with Gasteiger partial charge < -0.3 is 60.2 Å². The predicted molar refractivity (Wildman–Crippen MR) is 471 cm³/mol. The van der Waals surface area contributed by atoms with E-state index in [4.69, 9.17) is 38.9 Å². The number of amides is 4. The minimum Gasteiger partial charge on any atom is -0.444 e. The van der Waals surface area contributed by atoms with Crippen molar-refractivity contribution < 1.29 is 38.1 Å². The molecule has 118 heavy (non-hydrogen) atoms. The van der Waals surface area contributed by atoms with Crippen molar-refractivity contribution in [1.82, 2.24) is 61.1 Å². The molecule has 4 aliphatic rings. The molecule has 5 aromatic carbocycles. The molecule has 6 aromatic heterocycles. The number of carbonyl (C=O) groups excluding carboxylic acids is 4. The van der Waals surface area contributed by atoms with Crippen molar-refractivity contribution >= 4 is 117 Å². The number of aromatic amines is 4. The molecule has 20 heteroatoms. The van der Waals surface area contributed by atoms with Crippen LogP contribution in [0.1, 0.15) is 197 Å². The highest BCUT2D eigenvalue weighted by Crippen LogP contribution is 2.41. The smallest absolute Gasteiger partial charge is 0.408 e. The molecule has 11 aromatic rings. The van der Waals surface area contributed by atoms with E-state index < -0.39 is 70.9 Å². The normalized spacial score (nSPS) is 13.6. The lowest BCUT2D eigenvalue weighted by Crippen LogP contribution is -2.36. The standard InChI is InChI=1S/C98H98N12O8/c1-95(2,3)115-91(111)107-81(52-59-26-17-13-18-27-59)87-73-40-36-65(99-73)57-66-37-41-74(100-66)88(82(53-60-28-19-14-20-29-60)108-92(112)116-96(4,5)6)78-49-45-70(104-78)85(69-44-48-77(87)103-69)63-34-25-35-64(56-63)86-71-46-50-79(105-71)89(83(54-61-30-21-15-22-31-61)109-93(113)117-97(7,8)9)75-42-38-67(101-75)58-68-39-43-76(102-68)90(80-51-47-72(86)106-80)84(55-62-32-23-16-24-33-62)110-94(114)118-98(10,11)12/h13-51,56-58,81-84,99,101,104,106H,52-55H2,1-12H3,(H,107,111)(H,108,112)(H,109,113)(H,110,114). The number of nitrogens with zero attached hydrogens (tertiary/aromatic N) is 4. The van der Waals surface area contributed by atoms with Crippen LogP contribution in [0.15, 0.2) is 206 Å². The summed E-state index contributed by atoms with van der Waals surface area (Å²) >= 11 is 0. The van der Waals surface area contributed by atoms with E-state index in [0.717, 1.165) is 44.4 Å². The molecule has 20 nitrogen and oxygen atoms in total. The number of aromatic nitrogens is 8. The quantitative estimate of drug-likeness (QED) is 0.0373. The molecular weight excluding hydrogens is 1470 g/mol. The Hall–Kier alpha value is -13.6. The second-order valence-electron chi connectivity index (χ2n) is 34.0. The average Bonchev–Trinajstić information content (AvgIpc) is 1.61. The van der Waals surface area contributed by atoms with Crippen LogP contribution in [0.25, 0.3) is 115 Å². The number of rotatable bonds is 18. The Balaban J connectivity index is 1.03. The van der Waals surface area contributed by atoms with Crippen LogP contribution in [0.5, 0.6) is 0 Å². The Kier molecular flexibility index (Phi) is 22.5. The summed E-state index contributed by atoms with van der Waals surface area (Å²) in [6, 6.07) is 65.6. The van der Waals surface area contributed by atoms with Gasteiger partial charge in [0, 0.05) is 77.5 Å². The number of H-pyrrole nitrogens is 4. The van der Waals surface area contributed by atoms with Crippen LogP contribution in [-0.2, 0) is 44.6 Å². The first-order chi connectivity index (χ1) is 56.5. The number of fused-ring (bicyclic) bond motifs is 16. The van der Waals surface area contributed by atoms with Crippen LogP contribution < -0.4 is 21.3 Å². The van der Waals surface area contributed by atoms with Gasteiger partial charge in [0.25, 0.3) is 0 Å². The molecule has 0 radical (unpaired) electrons. The first-order valence-electron chi connectivity index (χ1n) is 40.0. The number of alkyl carbamates (subject to hydrolysis) is 4. The molecule has 4 aliphatic heterocycles. The lowest BCUT2D eigenvalue weighted by molar-refractivity contribution is 0.0491. The van der Waals surface area contributed by atoms with E-state index in [1.807, 2.05) is 320 Å². The molecule has 0 saturated heterocycles. The van der Waals surface area contributed by atoms with Gasteiger partial charge in [-0.05, 0) is 257 Å². The fourth-order valence-electron chi connectivity index (χ4n) is 15.4. The second-order valence-corrected chi connectivity index (χ2v) is 34.0. The zero-order chi connectivity index (χ0) is 82.6. The summed E-state index contributed by atoms with van der Waals surface area (Å²) < 4.78 is 24.2. The van der Waals surface area contributed by atoms with Crippen molar-refractivity contribution in [3.05, 3.63) is 296 Å². The van der Waals surface area contributed by atoms with Gasteiger partial charge in [0.1, 0.15) is 22.4 Å². The molecule has 10 heterocycles. The van der Waals surface area contributed by atoms with Gasteiger partial charge in [0.05, 0.1) is 69.7 Å². The highest BCUT2D eigenvalue weighted by molar-refractivity contribution is 5.97. The van der Waals surface area contributed by atoms with Crippen LogP contribution >= 0.6 is 0 Å². The summed E-state index contributed by atoms with van der Waals surface area (Å²) in [6.07, 6.45) is 15.0. The lowest BCUT2D eigenvalue weighted by Gasteiger charge is -2.24. The Morgan fingerprint density at radius 3 is 0.856 bits per heavy atom. The molecule has 8 N–H and O–H groups in total. The van der Waals surface area contributed by atoms with E-state index in [1.54, 1.807) is 0 Å². The predicted octanol–water partition coefficient (Wildman–Crippen LogP) is 22.2. The molecule has 0 fully saturated rings. The maximum atomic E-state index is 14.4. The first-order valence-corrected chi connectivity index (χ1v) is 40.0. The van der Waals surface area contributed by atoms with Crippen molar-refractivity contribution in [3.8, 4) is 22.3 Å². The van der Waals surface area contributed by atoms with Gasteiger partial charge in [-0.15, -0.1) is 0 Å². The van der Waals surface area contributed by atoms with E-state index in [1.165, 1.54) is 0 Å². The maximum Gasteiger partial charge on any atom is 0.408 e. The molecular formula is C98H98N12O8. The highest BCUT2D eigenvalue weighted by Gasteiger charge is 2.32. The fourth-order valence-corrected chi connectivity index (χ4v) is 15.4. The molecule has 4 atom stereocenters. The van der Waals surface area contributed by atoms with Crippen molar-refractivity contribution in [2.75, 3.05) is 0 Å².